The Morgan fingerprint density at radius 2 is 1.97 bits per heavy atom. The molecule has 4 N–H and O–H groups in total. The largest absolute Gasteiger partial charge is 0.399 e. The first-order chi connectivity index (χ1) is 14.0. The molecule has 0 radical (unpaired) electrons. The second kappa shape index (κ2) is 7.73. The highest BCUT2D eigenvalue weighted by molar-refractivity contribution is 6.33. The molecule has 0 saturated heterocycles. The highest BCUT2D eigenvalue weighted by Gasteiger charge is 2.15. The number of hydrogen-bond donors (Lipinski definition) is 3. The molecule has 2 heterocycles. The van der Waals surface area contributed by atoms with Crippen molar-refractivity contribution in [2.75, 3.05) is 11.1 Å². The summed E-state index contributed by atoms with van der Waals surface area (Å²) in [7, 11) is 0. The van der Waals surface area contributed by atoms with Gasteiger partial charge in [0.2, 0.25) is 0 Å². The maximum absolute atomic E-state index is 14.1. The van der Waals surface area contributed by atoms with Crippen LogP contribution in [0, 0.1) is 5.82 Å². The van der Waals surface area contributed by atoms with Gasteiger partial charge in [-0.25, -0.2) is 9.37 Å². The number of anilines is 2. The molecule has 0 atom stereocenters. The maximum atomic E-state index is 14.1. The number of nitrogens with two attached hydrogens (primary N) is 1. The summed E-state index contributed by atoms with van der Waals surface area (Å²) < 4.78 is 14.1. The predicted octanol–water partition coefficient (Wildman–Crippen LogP) is 4.77. The number of carbonyl (C=O) groups is 1. The molecular weight excluding hydrogens is 393 g/mol. The molecule has 4 aromatic rings. The lowest BCUT2D eigenvalue weighted by molar-refractivity contribution is 0.102. The summed E-state index contributed by atoms with van der Waals surface area (Å²) in [4.78, 5) is 23.9. The number of pyridine rings is 1. The van der Waals surface area contributed by atoms with E-state index in [1.807, 2.05) is 0 Å². The van der Waals surface area contributed by atoms with E-state index in [4.69, 9.17) is 17.3 Å². The Balaban J connectivity index is 1.54. The Morgan fingerprint density at radius 3 is 2.69 bits per heavy atom. The van der Waals surface area contributed by atoms with E-state index in [9.17, 15) is 9.18 Å². The van der Waals surface area contributed by atoms with Gasteiger partial charge in [-0.05, 0) is 42.5 Å². The number of aromatic amines is 1. The van der Waals surface area contributed by atoms with Crippen LogP contribution in [0.4, 0.5) is 15.8 Å². The molecule has 2 aromatic carbocycles. The Labute approximate surface area is 170 Å². The zero-order chi connectivity index (χ0) is 20.4. The molecule has 1 amide bonds. The molecule has 2 aromatic heterocycles. The first kappa shape index (κ1) is 18.6. The molecule has 8 heteroatoms. The minimum atomic E-state index is -0.468. The molecule has 4 rings (SSSR count). The van der Waals surface area contributed by atoms with Crippen molar-refractivity contribution in [1.29, 1.82) is 0 Å². The van der Waals surface area contributed by atoms with E-state index in [2.05, 4.69) is 20.3 Å². The van der Waals surface area contributed by atoms with Crippen LogP contribution in [0.5, 0.6) is 0 Å². The maximum Gasteiger partial charge on any atom is 0.274 e. The highest BCUT2D eigenvalue weighted by Crippen LogP contribution is 2.30. The second-order valence-corrected chi connectivity index (χ2v) is 6.65. The van der Waals surface area contributed by atoms with Crippen molar-refractivity contribution in [2.24, 2.45) is 0 Å². The number of benzene rings is 2. The van der Waals surface area contributed by atoms with E-state index >= 15 is 0 Å². The van der Waals surface area contributed by atoms with Gasteiger partial charge in [0.15, 0.2) is 0 Å². The van der Waals surface area contributed by atoms with E-state index in [1.165, 1.54) is 18.3 Å². The van der Waals surface area contributed by atoms with Gasteiger partial charge in [0.25, 0.3) is 5.91 Å². The molecule has 6 nitrogen and oxygen atoms in total. The van der Waals surface area contributed by atoms with Gasteiger partial charge in [-0.2, -0.15) is 0 Å². The van der Waals surface area contributed by atoms with E-state index in [0.717, 1.165) is 0 Å². The average molecular weight is 408 g/mol. The Morgan fingerprint density at radius 1 is 1.14 bits per heavy atom. The fourth-order valence-corrected chi connectivity index (χ4v) is 3.07. The van der Waals surface area contributed by atoms with Crippen molar-refractivity contribution in [3.8, 4) is 22.6 Å². The fourth-order valence-electron chi connectivity index (χ4n) is 2.81. The predicted molar refractivity (Wildman–Crippen MR) is 111 cm³/mol. The first-order valence-corrected chi connectivity index (χ1v) is 9.02. The van der Waals surface area contributed by atoms with E-state index in [1.54, 1.807) is 48.7 Å². The van der Waals surface area contributed by atoms with Crippen LogP contribution in [0.2, 0.25) is 5.02 Å². The Hall–Kier alpha value is -3.71. The van der Waals surface area contributed by atoms with Gasteiger partial charge in [0.05, 0.1) is 16.3 Å². The van der Waals surface area contributed by atoms with Crippen molar-refractivity contribution in [1.82, 2.24) is 15.0 Å². The van der Waals surface area contributed by atoms with Crippen LogP contribution in [0.25, 0.3) is 22.6 Å². The molecule has 0 aliphatic rings. The normalized spacial score (nSPS) is 10.7. The third-order valence-corrected chi connectivity index (χ3v) is 4.53. The minimum absolute atomic E-state index is 0.200. The molecule has 0 saturated carbocycles. The van der Waals surface area contributed by atoms with Crippen LogP contribution in [-0.4, -0.2) is 20.9 Å². The molecule has 0 fully saturated rings. The van der Waals surface area contributed by atoms with Gasteiger partial charge in [-0.3, -0.25) is 9.78 Å². The molecule has 0 aliphatic heterocycles. The smallest absolute Gasteiger partial charge is 0.274 e. The van der Waals surface area contributed by atoms with Gasteiger partial charge in [-0.1, -0.05) is 23.7 Å². The number of nitrogens with zero attached hydrogens (tertiary/aromatic N) is 2. The summed E-state index contributed by atoms with van der Waals surface area (Å²) in [5, 5.41) is 3.00. The number of rotatable bonds is 4. The lowest BCUT2D eigenvalue weighted by Gasteiger charge is -2.06. The lowest BCUT2D eigenvalue weighted by atomic mass is 10.2. The van der Waals surface area contributed by atoms with Crippen molar-refractivity contribution >= 4 is 28.9 Å². The topological polar surface area (TPSA) is 96.7 Å². The quantitative estimate of drug-likeness (QED) is 0.425. The van der Waals surface area contributed by atoms with Crippen LogP contribution < -0.4 is 11.1 Å². The number of imidazole rings is 1. The van der Waals surface area contributed by atoms with Crippen molar-refractivity contribution in [3.63, 3.8) is 0 Å². The third-order valence-electron chi connectivity index (χ3n) is 4.21. The molecule has 0 spiro atoms. The SMILES string of the molecule is Nc1cccc(NC(=O)c2ccc(-c3c[nH]c(-c4c(F)cccc4Cl)n3)cn2)c1. The summed E-state index contributed by atoms with van der Waals surface area (Å²) in [6.45, 7) is 0. The van der Waals surface area contributed by atoms with E-state index in [0.29, 0.717) is 28.5 Å². The minimum Gasteiger partial charge on any atom is -0.399 e. The number of nitrogens with one attached hydrogen (secondary N) is 2. The molecule has 144 valence electrons. The zero-order valence-electron chi connectivity index (χ0n) is 15.0. The fraction of sp³-hybridized carbons (Fsp3) is 0. The molecule has 0 aliphatic carbocycles. The van der Waals surface area contributed by atoms with Crippen molar-refractivity contribution in [2.45, 2.75) is 0 Å². The number of carbonyl (C=O) groups excluding carboxylic acids is 1. The number of hydrogen-bond acceptors (Lipinski definition) is 4. The summed E-state index contributed by atoms with van der Waals surface area (Å²) in [5.74, 6) is -0.514. The van der Waals surface area contributed by atoms with E-state index in [-0.39, 0.29) is 22.2 Å². The molecule has 29 heavy (non-hydrogen) atoms. The number of aromatic nitrogens is 3. The first-order valence-electron chi connectivity index (χ1n) is 8.64. The summed E-state index contributed by atoms with van der Waals surface area (Å²) in [5.41, 5.74) is 8.50. The summed E-state index contributed by atoms with van der Waals surface area (Å²) in [6, 6.07) is 14.6. The molecular formula is C21H15ClFN5O. The van der Waals surface area contributed by atoms with Gasteiger partial charge in [0.1, 0.15) is 17.3 Å². The van der Waals surface area contributed by atoms with Gasteiger partial charge >= 0.3 is 0 Å². The number of halogens is 2. The van der Waals surface area contributed by atoms with E-state index < -0.39 is 5.82 Å². The lowest BCUT2D eigenvalue weighted by Crippen LogP contribution is -2.13. The number of H-pyrrole nitrogens is 1. The van der Waals surface area contributed by atoms with Crippen LogP contribution >= 0.6 is 11.6 Å². The Kier molecular flexibility index (Phi) is 4.97. The standard InChI is InChI=1S/C21H15ClFN5O/c22-15-5-2-6-16(23)19(15)20-26-11-18(28-20)12-7-8-17(25-10-12)21(29)27-14-4-1-3-13(24)9-14/h1-11H,24H2,(H,26,28)(H,27,29). The monoisotopic (exact) mass is 407 g/mol. The van der Waals surface area contributed by atoms with Crippen LogP contribution in [0.1, 0.15) is 10.5 Å². The second-order valence-electron chi connectivity index (χ2n) is 6.24. The zero-order valence-corrected chi connectivity index (χ0v) is 15.7. The van der Waals surface area contributed by atoms with Crippen molar-refractivity contribution in [3.05, 3.63) is 83.5 Å². The summed E-state index contributed by atoms with van der Waals surface area (Å²) >= 11 is 6.09. The Bertz CT molecular complexity index is 1170. The van der Waals surface area contributed by atoms with Crippen molar-refractivity contribution < 1.29 is 9.18 Å². The van der Waals surface area contributed by atoms with Gasteiger partial charge in [-0.15, -0.1) is 0 Å². The van der Waals surface area contributed by atoms with Crippen LogP contribution in [0.3, 0.4) is 0 Å². The highest BCUT2D eigenvalue weighted by atomic mass is 35.5. The van der Waals surface area contributed by atoms with Crippen LogP contribution in [0.15, 0.2) is 67.0 Å². The third kappa shape index (κ3) is 3.95. The summed E-state index contributed by atoms with van der Waals surface area (Å²) in [6.07, 6.45) is 3.15. The van der Waals surface area contributed by atoms with Gasteiger partial charge < -0.3 is 16.0 Å². The number of nitrogen functional groups attached to an aromatic ring is 1. The van der Waals surface area contributed by atoms with Gasteiger partial charge in [0, 0.05) is 29.3 Å². The molecule has 0 bridgehead atoms. The average Bonchev–Trinajstić information content (AvgIpc) is 3.18. The molecule has 0 unspecified atom stereocenters. The van der Waals surface area contributed by atoms with Crippen LogP contribution in [-0.2, 0) is 0 Å². The number of amides is 1.